The van der Waals surface area contributed by atoms with Gasteiger partial charge < -0.3 is 34.3 Å². The Balaban J connectivity index is 0.000000258. The van der Waals surface area contributed by atoms with E-state index in [2.05, 4.69) is 66.2 Å². The van der Waals surface area contributed by atoms with Crippen molar-refractivity contribution in [3.8, 4) is 11.5 Å². The van der Waals surface area contributed by atoms with E-state index < -0.39 is 11.9 Å². The Labute approximate surface area is 169 Å². The van der Waals surface area contributed by atoms with Crippen molar-refractivity contribution in [2.24, 2.45) is 0 Å². The lowest BCUT2D eigenvalue weighted by atomic mass is 10.0. The highest BCUT2D eigenvalue weighted by Gasteiger charge is 2.33. The molecule has 1 unspecified atom stereocenters. The van der Waals surface area contributed by atoms with Crippen LogP contribution in [-0.2, 0) is 9.59 Å². The highest BCUT2D eigenvalue weighted by Crippen LogP contribution is 2.45. The minimum atomic E-state index is -1.55. The number of carbonyl (C=O) groups excluding carboxylic acids is 2. The number of hydrogen-bond donors (Lipinski definition) is 0. The zero-order valence-electron chi connectivity index (χ0n) is 16.3. The molecule has 0 amide bonds. The maximum absolute atomic E-state index is 9.41. The molecule has 2 aromatic rings. The predicted molar refractivity (Wildman–Crippen MR) is 104 cm³/mol. The molecule has 1 fully saturated rings. The molecule has 2 aliphatic heterocycles. The molecule has 7 heteroatoms. The minimum Gasteiger partial charge on any atom is -0.545 e. The van der Waals surface area contributed by atoms with Crippen LogP contribution < -0.4 is 19.8 Å². The van der Waals surface area contributed by atoms with Crippen molar-refractivity contribution >= 4 is 17.6 Å². The number of aryl methyl sites for hydroxylation is 1. The fourth-order valence-corrected chi connectivity index (χ4v) is 3.52. The van der Waals surface area contributed by atoms with Gasteiger partial charge in [0.15, 0.2) is 5.75 Å². The standard InChI is InChI=1S/C18H20N2O.C4H4O4/c1-13-7-8-18-15(11-13)20-10-9-19(2)12-16(20)14-5-3-4-6-17(14)21-18;5-3(6)1-2-4(7)8/h3-8,11,16H,9-10,12H2,1-2H3;1-2H,(H,5,6)(H,7,8)/p-2/b;2-1-. The van der Waals surface area contributed by atoms with E-state index in [1.54, 1.807) is 0 Å². The van der Waals surface area contributed by atoms with Crippen molar-refractivity contribution in [1.29, 1.82) is 0 Å². The normalized spacial score (nSPS) is 17.7. The number of anilines is 1. The van der Waals surface area contributed by atoms with Crippen molar-refractivity contribution in [1.82, 2.24) is 4.90 Å². The van der Waals surface area contributed by atoms with Crippen LogP contribution in [0.4, 0.5) is 5.69 Å². The first-order chi connectivity index (χ1) is 13.8. The summed E-state index contributed by atoms with van der Waals surface area (Å²) in [6.07, 6.45) is 0.769. The quantitative estimate of drug-likeness (QED) is 0.690. The summed E-state index contributed by atoms with van der Waals surface area (Å²) in [6.45, 7) is 5.30. The maximum Gasteiger partial charge on any atom is 0.150 e. The molecule has 1 saturated heterocycles. The fraction of sp³-hybridized carbons (Fsp3) is 0.273. The zero-order chi connectivity index (χ0) is 21.0. The number of fused-ring (bicyclic) bond motifs is 5. The van der Waals surface area contributed by atoms with Crippen LogP contribution in [0.25, 0.3) is 0 Å². The van der Waals surface area contributed by atoms with E-state index in [1.165, 1.54) is 16.8 Å². The van der Waals surface area contributed by atoms with Crippen molar-refractivity contribution in [3.05, 3.63) is 65.7 Å². The summed E-state index contributed by atoms with van der Waals surface area (Å²) in [7, 11) is 2.20. The number of carbonyl (C=O) groups is 2. The Morgan fingerprint density at radius 1 is 1.03 bits per heavy atom. The van der Waals surface area contributed by atoms with Crippen LogP contribution in [0.1, 0.15) is 17.2 Å². The monoisotopic (exact) mass is 394 g/mol. The Morgan fingerprint density at radius 2 is 1.72 bits per heavy atom. The maximum atomic E-state index is 9.41. The fourth-order valence-electron chi connectivity index (χ4n) is 3.52. The zero-order valence-corrected chi connectivity index (χ0v) is 16.3. The molecular weight excluding hydrogens is 372 g/mol. The van der Waals surface area contributed by atoms with Gasteiger partial charge in [0.05, 0.1) is 23.7 Å². The predicted octanol–water partition coefficient (Wildman–Crippen LogP) is 0.636. The summed E-state index contributed by atoms with van der Waals surface area (Å²) in [5, 5.41) is 18.8. The molecule has 7 nitrogen and oxygen atoms in total. The summed E-state index contributed by atoms with van der Waals surface area (Å²) in [5.41, 5.74) is 3.79. The lowest BCUT2D eigenvalue weighted by Crippen LogP contribution is -2.46. The van der Waals surface area contributed by atoms with Crippen LogP contribution in [0, 0.1) is 6.92 Å². The Hall–Kier alpha value is -3.32. The van der Waals surface area contributed by atoms with Crippen molar-refractivity contribution < 1.29 is 24.5 Å². The number of aliphatic carboxylic acids is 2. The summed E-state index contributed by atoms with van der Waals surface area (Å²) in [5.74, 6) is -1.13. The topological polar surface area (TPSA) is 96.0 Å². The molecule has 29 heavy (non-hydrogen) atoms. The number of carboxylic acid groups (broad SMARTS) is 2. The molecule has 0 N–H and O–H groups in total. The molecule has 2 aromatic carbocycles. The van der Waals surface area contributed by atoms with Crippen LogP contribution in [-0.4, -0.2) is 43.5 Å². The summed E-state index contributed by atoms with van der Waals surface area (Å²) in [6, 6.07) is 15.3. The average Bonchev–Trinajstić information content (AvgIpc) is 2.81. The number of benzene rings is 2. The Bertz CT molecular complexity index is 925. The largest absolute Gasteiger partial charge is 0.545 e. The van der Waals surface area contributed by atoms with Gasteiger partial charge in [-0.05, 0) is 49.9 Å². The molecule has 4 rings (SSSR count). The van der Waals surface area contributed by atoms with Crippen molar-refractivity contribution in [2.75, 3.05) is 31.6 Å². The van der Waals surface area contributed by atoms with Crippen molar-refractivity contribution in [3.63, 3.8) is 0 Å². The Morgan fingerprint density at radius 3 is 2.41 bits per heavy atom. The van der Waals surface area contributed by atoms with E-state index in [9.17, 15) is 19.8 Å². The van der Waals surface area contributed by atoms with E-state index in [4.69, 9.17) is 4.74 Å². The van der Waals surface area contributed by atoms with Gasteiger partial charge in [-0.3, -0.25) is 0 Å². The van der Waals surface area contributed by atoms with Gasteiger partial charge in [0, 0.05) is 25.2 Å². The van der Waals surface area contributed by atoms with Gasteiger partial charge in [-0.1, -0.05) is 24.3 Å². The third kappa shape index (κ3) is 4.94. The van der Waals surface area contributed by atoms with Crippen LogP contribution in [0.5, 0.6) is 11.5 Å². The summed E-state index contributed by atoms with van der Waals surface area (Å²) >= 11 is 0. The van der Waals surface area contributed by atoms with Crippen LogP contribution in [0.2, 0.25) is 0 Å². The summed E-state index contributed by atoms with van der Waals surface area (Å²) in [4.78, 5) is 23.7. The van der Waals surface area contributed by atoms with Crippen LogP contribution >= 0.6 is 0 Å². The van der Waals surface area contributed by atoms with Gasteiger partial charge in [-0.25, -0.2) is 0 Å². The van der Waals surface area contributed by atoms with E-state index in [1.807, 2.05) is 0 Å². The number of nitrogens with zero attached hydrogens (tertiary/aromatic N) is 2. The van der Waals surface area contributed by atoms with Gasteiger partial charge in [0.25, 0.3) is 0 Å². The first-order valence-electron chi connectivity index (χ1n) is 9.28. The molecule has 0 spiro atoms. The first-order valence-corrected chi connectivity index (χ1v) is 9.28. The van der Waals surface area contributed by atoms with Gasteiger partial charge in [0.2, 0.25) is 0 Å². The SMILES string of the molecule is Cc1ccc2c(c1)N1CCN(C)CC1c1ccccc1O2.O=C([O-])/C=C\C(=O)[O-]. The van der Waals surface area contributed by atoms with E-state index in [0.717, 1.165) is 31.1 Å². The van der Waals surface area contributed by atoms with Gasteiger partial charge >= 0.3 is 0 Å². The highest BCUT2D eigenvalue weighted by atomic mass is 16.5. The second-order valence-corrected chi connectivity index (χ2v) is 7.05. The third-order valence-electron chi connectivity index (χ3n) is 4.86. The molecule has 2 aliphatic rings. The van der Waals surface area contributed by atoms with E-state index >= 15 is 0 Å². The first kappa shape index (κ1) is 20.4. The molecule has 0 saturated carbocycles. The lowest BCUT2D eigenvalue weighted by Gasteiger charge is -2.41. The lowest BCUT2D eigenvalue weighted by molar-refractivity contribution is -0.301. The van der Waals surface area contributed by atoms with E-state index in [-0.39, 0.29) is 0 Å². The molecule has 0 aromatic heterocycles. The number of carboxylic acids is 2. The second kappa shape index (κ2) is 8.79. The number of likely N-dealkylation sites (N-methyl/N-ethyl adjacent to an activating group) is 1. The van der Waals surface area contributed by atoms with Crippen molar-refractivity contribution in [2.45, 2.75) is 13.0 Å². The molecule has 1 atom stereocenters. The smallest absolute Gasteiger partial charge is 0.150 e. The molecule has 0 radical (unpaired) electrons. The second-order valence-electron chi connectivity index (χ2n) is 7.05. The number of hydrogen-bond acceptors (Lipinski definition) is 7. The van der Waals surface area contributed by atoms with Gasteiger partial charge in [-0.15, -0.1) is 0 Å². The summed E-state index contributed by atoms with van der Waals surface area (Å²) < 4.78 is 6.22. The molecule has 0 aliphatic carbocycles. The molecule has 152 valence electrons. The van der Waals surface area contributed by atoms with Gasteiger partial charge in [-0.2, -0.15) is 0 Å². The average molecular weight is 394 g/mol. The molecular formula is C22H22N2O5-2. The van der Waals surface area contributed by atoms with Crippen LogP contribution in [0.15, 0.2) is 54.6 Å². The third-order valence-corrected chi connectivity index (χ3v) is 4.86. The number of rotatable bonds is 2. The number of para-hydroxylation sites is 1. The Kier molecular flexibility index (Phi) is 6.19. The molecule has 2 heterocycles. The van der Waals surface area contributed by atoms with Gasteiger partial charge in [0.1, 0.15) is 5.75 Å². The van der Waals surface area contributed by atoms with Crippen LogP contribution in [0.3, 0.4) is 0 Å². The number of ether oxygens (including phenoxy) is 1. The van der Waals surface area contributed by atoms with E-state index in [0.29, 0.717) is 18.2 Å². The number of piperazine rings is 1. The molecule has 0 bridgehead atoms. The highest BCUT2D eigenvalue weighted by molar-refractivity contribution is 5.87. The minimum absolute atomic E-state index is 0.364.